The minimum atomic E-state index is -0.258. The minimum absolute atomic E-state index is 0.235. The molecule has 0 unspecified atom stereocenters. The Kier molecular flexibility index (Phi) is 2.26. The number of fused-ring (bicyclic) bond motifs is 1. The first-order valence-corrected chi connectivity index (χ1v) is 5.98. The van der Waals surface area contributed by atoms with Gasteiger partial charge in [0.25, 0.3) is 11.8 Å². The molecule has 0 fully saturated rings. The van der Waals surface area contributed by atoms with Crippen molar-refractivity contribution in [2.24, 2.45) is 0 Å². The van der Waals surface area contributed by atoms with E-state index in [0.29, 0.717) is 17.7 Å². The van der Waals surface area contributed by atoms with Crippen LogP contribution in [0.15, 0.2) is 36.0 Å². The molecular formula is C12H8N2O2S. The third kappa shape index (κ3) is 1.55. The monoisotopic (exact) mass is 244 g/mol. The van der Waals surface area contributed by atoms with Crippen molar-refractivity contribution in [2.75, 3.05) is 0 Å². The van der Waals surface area contributed by atoms with E-state index in [0.717, 1.165) is 4.88 Å². The molecule has 0 aliphatic carbocycles. The second-order valence-electron chi connectivity index (χ2n) is 3.70. The van der Waals surface area contributed by atoms with Crippen molar-refractivity contribution in [3.05, 3.63) is 52.0 Å². The van der Waals surface area contributed by atoms with Crippen molar-refractivity contribution < 1.29 is 9.59 Å². The maximum absolute atomic E-state index is 12.0. The molecule has 2 aromatic rings. The van der Waals surface area contributed by atoms with Gasteiger partial charge in [-0.15, -0.1) is 11.3 Å². The molecule has 4 nitrogen and oxygen atoms in total. The second kappa shape index (κ2) is 3.78. The maximum Gasteiger partial charge on any atom is 0.263 e. The number of imide groups is 1. The Morgan fingerprint density at radius 2 is 2.00 bits per heavy atom. The molecule has 1 aliphatic rings. The fourth-order valence-electron chi connectivity index (χ4n) is 1.84. The number of carbonyl (C=O) groups is 2. The summed E-state index contributed by atoms with van der Waals surface area (Å²) in [5, 5.41) is 1.93. The molecule has 3 rings (SSSR count). The van der Waals surface area contributed by atoms with Gasteiger partial charge in [-0.1, -0.05) is 6.07 Å². The van der Waals surface area contributed by atoms with E-state index in [1.165, 1.54) is 28.6 Å². The number of carbonyl (C=O) groups excluding carboxylic acids is 2. The molecule has 0 N–H and O–H groups in total. The van der Waals surface area contributed by atoms with Gasteiger partial charge in [0, 0.05) is 17.3 Å². The van der Waals surface area contributed by atoms with E-state index in [9.17, 15) is 9.59 Å². The van der Waals surface area contributed by atoms with Crippen molar-refractivity contribution in [3.8, 4) is 0 Å². The predicted octanol–water partition coefficient (Wildman–Crippen LogP) is 1.94. The van der Waals surface area contributed by atoms with Crippen molar-refractivity contribution in [1.29, 1.82) is 0 Å². The quantitative estimate of drug-likeness (QED) is 0.758. The molecule has 0 saturated carbocycles. The molecule has 2 amide bonds. The molecular weight excluding hydrogens is 236 g/mol. The lowest BCUT2D eigenvalue weighted by Gasteiger charge is -2.11. The summed E-state index contributed by atoms with van der Waals surface area (Å²) in [6, 6.07) is 5.40. The Labute approximate surface area is 102 Å². The number of pyridine rings is 1. The van der Waals surface area contributed by atoms with Gasteiger partial charge in [0.1, 0.15) is 0 Å². The average molecular weight is 244 g/mol. The highest BCUT2D eigenvalue weighted by molar-refractivity contribution is 7.09. The molecule has 1 aliphatic heterocycles. The molecule has 0 atom stereocenters. The molecule has 84 valence electrons. The SMILES string of the molecule is O=C1c2ccncc2C(=O)N1Cc1cccs1. The van der Waals surface area contributed by atoms with E-state index < -0.39 is 0 Å². The van der Waals surface area contributed by atoms with E-state index >= 15 is 0 Å². The highest BCUT2D eigenvalue weighted by Gasteiger charge is 2.35. The van der Waals surface area contributed by atoms with Crippen LogP contribution >= 0.6 is 11.3 Å². The van der Waals surface area contributed by atoms with E-state index in [2.05, 4.69) is 4.98 Å². The van der Waals surface area contributed by atoms with E-state index in [4.69, 9.17) is 0 Å². The number of hydrogen-bond acceptors (Lipinski definition) is 4. The van der Waals surface area contributed by atoms with Gasteiger partial charge < -0.3 is 0 Å². The van der Waals surface area contributed by atoms with Crippen molar-refractivity contribution in [1.82, 2.24) is 9.88 Å². The van der Waals surface area contributed by atoms with Gasteiger partial charge in [0.05, 0.1) is 17.7 Å². The number of aromatic nitrogens is 1. The summed E-state index contributed by atoms with van der Waals surface area (Å²) in [6.45, 7) is 0.337. The van der Waals surface area contributed by atoms with Crippen molar-refractivity contribution in [2.45, 2.75) is 6.54 Å². The minimum Gasteiger partial charge on any atom is -0.269 e. The summed E-state index contributed by atoms with van der Waals surface area (Å²) < 4.78 is 0. The highest BCUT2D eigenvalue weighted by atomic mass is 32.1. The molecule has 0 bridgehead atoms. The van der Waals surface area contributed by atoms with Crippen LogP contribution in [0.4, 0.5) is 0 Å². The summed E-state index contributed by atoms with van der Waals surface area (Å²) in [6.07, 6.45) is 2.97. The van der Waals surface area contributed by atoms with E-state index in [1.54, 1.807) is 6.07 Å². The summed E-state index contributed by atoms with van der Waals surface area (Å²) in [7, 11) is 0. The number of amides is 2. The molecule has 5 heteroatoms. The Bertz CT molecular complexity index is 557. The topological polar surface area (TPSA) is 50.3 Å². The first-order valence-electron chi connectivity index (χ1n) is 5.10. The smallest absolute Gasteiger partial charge is 0.263 e. The Morgan fingerprint density at radius 3 is 2.71 bits per heavy atom. The first-order chi connectivity index (χ1) is 8.27. The molecule has 0 spiro atoms. The lowest BCUT2D eigenvalue weighted by atomic mass is 10.2. The molecule has 0 radical (unpaired) electrons. The van der Waals surface area contributed by atoms with Gasteiger partial charge in [-0.25, -0.2) is 0 Å². The number of nitrogens with zero attached hydrogens (tertiary/aromatic N) is 2. The third-order valence-corrected chi connectivity index (χ3v) is 3.53. The molecule has 3 heterocycles. The van der Waals surface area contributed by atoms with Gasteiger partial charge in [-0.05, 0) is 17.5 Å². The van der Waals surface area contributed by atoms with Crippen molar-refractivity contribution in [3.63, 3.8) is 0 Å². The van der Waals surface area contributed by atoms with Gasteiger partial charge in [-0.3, -0.25) is 19.5 Å². The van der Waals surface area contributed by atoms with Crippen LogP contribution in [-0.2, 0) is 6.54 Å². The van der Waals surface area contributed by atoms with E-state index in [1.807, 2.05) is 17.5 Å². The van der Waals surface area contributed by atoms with Crippen LogP contribution in [0, 0.1) is 0 Å². The summed E-state index contributed by atoms with van der Waals surface area (Å²) >= 11 is 1.53. The highest BCUT2D eigenvalue weighted by Crippen LogP contribution is 2.24. The van der Waals surface area contributed by atoms with Crippen molar-refractivity contribution >= 4 is 23.2 Å². The molecule has 2 aromatic heterocycles. The summed E-state index contributed by atoms with van der Waals surface area (Å²) in [5.74, 6) is -0.493. The average Bonchev–Trinajstić information content (AvgIpc) is 2.94. The van der Waals surface area contributed by atoms with Gasteiger partial charge in [0.2, 0.25) is 0 Å². The fraction of sp³-hybridized carbons (Fsp3) is 0.0833. The standard InChI is InChI=1S/C12H8N2O2S/c15-11-9-3-4-13-6-10(9)12(16)14(11)7-8-2-1-5-17-8/h1-6H,7H2. The number of thiophene rings is 1. The first kappa shape index (κ1) is 10.2. The van der Waals surface area contributed by atoms with Gasteiger partial charge >= 0.3 is 0 Å². The largest absolute Gasteiger partial charge is 0.269 e. The Morgan fingerprint density at radius 1 is 1.18 bits per heavy atom. The fourth-order valence-corrected chi connectivity index (χ4v) is 2.53. The third-order valence-electron chi connectivity index (χ3n) is 2.67. The summed E-state index contributed by atoms with van der Waals surface area (Å²) in [4.78, 5) is 30.1. The Hall–Kier alpha value is -2.01. The second-order valence-corrected chi connectivity index (χ2v) is 4.73. The van der Waals surface area contributed by atoms with Crippen LogP contribution in [-0.4, -0.2) is 21.7 Å². The summed E-state index contributed by atoms with van der Waals surface area (Å²) in [5.41, 5.74) is 0.843. The Balaban J connectivity index is 1.95. The molecule has 0 saturated heterocycles. The maximum atomic E-state index is 12.0. The van der Waals surface area contributed by atoms with Crippen LogP contribution in [0.25, 0.3) is 0 Å². The van der Waals surface area contributed by atoms with Crippen LogP contribution in [0.1, 0.15) is 25.6 Å². The number of hydrogen-bond donors (Lipinski definition) is 0. The van der Waals surface area contributed by atoms with Crippen LogP contribution in [0.3, 0.4) is 0 Å². The zero-order chi connectivity index (χ0) is 11.8. The zero-order valence-corrected chi connectivity index (χ0v) is 9.61. The van der Waals surface area contributed by atoms with E-state index in [-0.39, 0.29) is 11.8 Å². The number of rotatable bonds is 2. The van der Waals surface area contributed by atoms with Crippen LogP contribution in [0.2, 0.25) is 0 Å². The molecule has 0 aromatic carbocycles. The predicted molar refractivity (Wildman–Crippen MR) is 62.8 cm³/mol. The lowest BCUT2D eigenvalue weighted by molar-refractivity contribution is 0.0644. The van der Waals surface area contributed by atoms with Gasteiger partial charge in [-0.2, -0.15) is 0 Å². The zero-order valence-electron chi connectivity index (χ0n) is 8.79. The van der Waals surface area contributed by atoms with Gasteiger partial charge in [0.15, 0.2) is 0 Å². The van der Waals surface area contributed by atoms with Crippen LogP contribution < -0.4 is 0 Å². The lowest BCUT2D eigenvalue weighted by Crippen LogP contribution is -2.28. The normalized spacial score (nSPS) is 14.2. The molecule has 17 heavy (non-hydrogen) atoms. The van der Waals surface area contributed by atoms with Crippen LogP contribution in [0.5, 0.6) is 0 Å².